The summed E-state index contributed by atoms with van der Waals surface area (Å²) in [6.07, 6.45) is 5.00. The zero-order valence-corrected chi connectivity index (χ0v) is 18.6. The number of anilines is 1. The Kier molecular flexibility index (Phi) is 5.77. The van der Waals surface area contributed by atoms with E-state index in [9.17, 15) is 9.59 Å². The number of nitrogens with zero attached hydrogens (tertiary/aromatic N) is 5. The van der Waals surface area contributed by atoms with Crippen molar-refractivity contribution >= 4 is 51.7 Å². The van der Waals surface area contributed by atoms with Gasteiger partial charge in [-0.2, -0.15) is 0 Å². The Labute approximate surface area is 184 Å². The zero-order chi connectivity index (χ0) is 21.4. The van der Waals surface area contributed by atoms with Gasteiger partial charge in [0, 0.05) is 38.9 Å². The van der Waals surface area contributed by atoms with E-state index in [1.807, 2.05) is 19.1 Å². The van der Waals surface area contributed by atoms with E-state index < -0.39 is 0 Å². The van der Waals surface area contributed by atoms with Crippen molar-refractivity contribution in [2.75, 3.05) is 44.7 Å². The van der Waals surface area contributed by atoms with E-state index in [0.29, 0.717) is 32.8 Å². The van der Waals surface area contributed by atoms with Crippen molar-refractivity contribution < 1.29 is 4.79 Å². The smallest absolute Gasteiger partial charge is 0.267 e. The maximum atomic E-state index is 13.4. The lowest BCUT2D eigenvalue weighted by Gasteiger charge is -2.34. The molecule has 0 aliphatic carbocycles. The molecule has 0 radical (unpaired) electrons. The van der Waals surface area contributed by atoms with Gasteiger partial charge in [0.1, 0.15) is 15.8 Å². The summed E-state index contributed by atoms with van der Waals surface area (Å²) in [4.78, 5) is 37.4. The molecule has 7 nitrogen and oxygen atoms in total. The van der Waals surface area contributed by atoms with Crippen LogP contribution in [0, 0.1) is 6.92 Å². The number of likely N-dealkylation sites (N-methyl/N-ethyl adjacent to an activating group) is 1. The molecule has 2 saturated heterocycles. The third-order valence-electron chi connectivity index (χ3n) is 5.33. The van der Waals surface area contributed by atoms with Crippen molar-refractivity contribution in [3.63, 3.8) is 0 Å². The van der Waals surface area contributed by atoms with E-state index >= 15 is 0 Å². The minimum atomic E-state index is -0.206. The monoisotopic (exact) mass is 441 g/mol. The third-order valence-corrected chi connectivity index (χ3v) is 6.71. The summed E-state index contributed by atoms with van der Waals surface area (Å²) < 4.78 is 2.02. The highest BCUT2D eigenvalue weighted by molar-refractivity contribution is 8.26. The largest absolute Gasteiger partial charge is 0.353 e. The topological polar surface area (TPSA) is 61.2 Å². The summed E-state index contributed by atoms with van der Waals surface area (Å²) in [5.41, 5.74) is 1.79. The first-order chi connectivity index (χ1) is 14.4. The average Bonchev–Trinajstić information content (AvgIpc) is 2.99. The predicted octanol–water partition coefficient (Wildman–Crippen LogP) is 2.14. The van der Waals surface area contributed by atoms with Crippen LogP contribution in [0.25, 0.3) is 11.7 Å². The van der Waals surface area contributed by atoms with Crippen molar-refractivity contribution in [1.29, 1.82) is 0 Å². The van der Waals surface area contributed by atoms with Gasteiger partial charge < -0.3 is 9.80 Å². The van der Waals surface area contributed by atoms with Gasteiger partial charge in [0.25, 0.3) is 11.5 Å². The Hall–Kier alpha value is -2.49. The van der Waals surface area contributed by atoms with Crippen LogP contribution in [0.15, 0.2) is 40.7 Å². The number of thiocarbonyl (C=S) groups is 1. The van der Waals surface area contributed by atoms with E-state index in [-0.39, 0.29) is 11.5 Å². The Balaban J connectivity index is 1.88. The van der Waals surface area contributed by atoms with Crippen LogP contribution in [0.2, 0.25) is 0 Å². The molecule has 2 aliphatic heterocycles. The van der Waals surface area contributed by atoms with Gasteiger partial charge in [-0.25, -0.2) is 4.98 Å². The molecule has 0 N–H and O–H groups in total. The predicted molar refractivity (Wildman–Crippen MR) is 126 cm³/mol. The lowest BCUT2D eigenvalue weighted by atomic mass is 10.2. The van der Waals surface area contributed by atoms with Gasteiger partial charge in [0.05, 0.1) is 10.5 Å². The lowest BCUT2D eigenvalue weighted by molar-refractivity contribution is -0.121. The fraction of sp³-hybridized carbons (Fsp3) is 0.333. The zero-order valence-electron chi connectivity index (χ0n) is 17.0. The van der Waals surface area contributed by atoms with E-state index in [1.54, 1.807) is 22.7 Å². The highest BCUT2D eigenvalue weighted by Gasteiger charge is 2.32. The Morgan fingerprint density at radius 3 is 2.70 bits per heavy atom. The van der Waals surface area contributed by atoms with Gasteiger partial charge in [-0.05, 0) is 31.7 Å². The molecular formula is C21H23N5O2S2. The molecule has 1 amide bonds. The Morgan fingerprint density at radius 2 is 2.00 bits per heavy atom. The highest BCUT2D eigenvalue weighted by atomic mass is 32.2. The number of piperazine rings is 1. The van der Waals surface area contributed by atoms with Crippen molar-refractivity contribution in [2.24, 2.45) is 0 Å². The van der Waals surface area contributed by atoms with Crippen LogP contribution in [0.1, 0.15) is 11.1 Å². The van der Waals surface area contributed by atoms with E-state index in [4.69, 9.17) is 17.2 Å². The van der Waals surface area contributed by atoms with Crippen molar-refractivity contribution in [3.05, 3.63) is 57.4 Å². The second-order valence-corrected chi connectivity index (χ2v) is 9.09. The molecule has 156 valence electrons. The van der Waals surface area contributed by atoms with Gasteiger partial charge in [-0.3, -0.25) is 18.9 Å². The molecule has 0 atom stereocenters. The summed E-state index contributed by atoms with van der Waals surface area (Å²) in [6.45, 7) is 9.28. The molecule has 2 aromatic rings. The molecule has 0 bridgehead atoms. The number of hydrogen-bond acceptors (Lipinski definition) is 7. The molecule has 2 aliphatic rings. The van der Waals surface area contributed by atoms with Crippen LogP contribution in [0.3, 0.4) is 0 Å². The number of thioether (sulfide) groups is 1. The standard InChI is InChI=1S/C21H23N5O2S2/c1-4-7-26-20(28)16(30-21(26)29)13-15-18(24-11-9-23(3)10-12-24)22-17-14(2)6-5-8-25(17)19(15)27/h4-6,8,13H,1,7,9-12H2,2-3H3. The first-order valence-corrected chi connectivity index (χ1v) is 10.9. The first kappa shape index (κ1) is 20.8. The summed E-state index contributed by atoms with van der Waals surface area (Å²) in [6, 6.07) is 3.77. The van der Waals surface area contributed by atoms with Crippen molar-refractivity contribution in [2.45, 2.75) is 6.92 Å². The number of amides is 1. The maximum absolute atomic E-state index is 13.4. The van der Waals surface area contributed by atoms with Gasteiger partial charge in [-0.1, -0.05) is 36.1 Å². The fourth-order valence-electron chi connectivity index (χ4n) is 3.60. The Bertz CT molecular complexity index is 1130. The second-order valence-electron chi connectivity index (χ2n) is 7.41. The fourth-order valence-corrected chi connectivity index (χ4v) is 4.86. The lowest BCUT2D eigenvalue weighted by Crippen LogP contribution is -2.45. The summed E-state index contributed by atoms with van der Waals surface area (Å²) in [7, 11) is 2.08. The van der Waals surface area contributed by atoms with E-state index in [0.717, 1.165) is 31.7 Å². The number of rotatable bonds is 4. The number of aromatic nitrogens is 2. The molecule has 30 heavy (non-hydrogen) atoms. The van der Waals surface area contributed by atoms with Gasteiger partial charge in [0.2, 0.25) is 0 Å². The molecule has 9 heteroatoms. The molecule has 0 aromatic carbocycles. The summed E-state index contributed by atoms with van der Waals surface area (Å²) in [5.74, 6) is 0.416. The van der Waals surface area contributed by atoms with Crippen LogP contribution < -0.4 is 10.5 Å². The minimum Gasteiger partial charge on any atom is -0.353 e. The molecule has 2 fully saturated rings. The second kappa shape index (κ2) is 8.33. The highest BCUT2D eigenvalue weighted by Crippen LogP contribution is 2.33. The van der Waals surface area contributed by atoms with Crippen LogP contribution in [0.5, 0.6) is 0 Å². The molecule has 2 aromatic heterocycles. The molecule has 4 rings (SSSR count). The van der Waals surface area contributed by atoms with Gasteiger partial charge in [0.15, 0.2) is 0 Å². The number of hydrogen-bond donors (Lipinski definition) is 0. The minimum absolute atomic E-state index is 0.188. The van der Waals surface area contributed by atoms with Gasteiger partial charge in [-0.15, -0.1) is 6.58 Å². The average molecular weight is 442 g/mol. The number of pyridine rings is 1. The van der Waals surface area contributed by atoms with E-state index in [2.05, 4.69) is 23.4 Å². The molecule has 0 unspecified atom stereocenters. The number of carbonyl (C=O) groups excluding carboxylic acids is 1. The Morgan fingerprint density at radius 1 is 1.27 bits per heavy atom. The van der Waals surface area contributed by atoms with Crippen molar-refractivity contribution in [3.8, 4) is 0 Å². The molecule has 0 spiro atoms. The van der Waals surface area contributed by atoms with Crippen LogP contribution in [-0.4, -0.2) is 69.2 Å². The third kappa shape index (κ3) is 3.68. The van der Waals surface area contributed by atoms with E-state index in [1.165, 1.54) is 16.7 Å². The number of fused-ring (bicyclic) bond motifs is 1. The summed E-state index contributed by atoms with van der Waals surface area (Å²) in [5, 5.41) is 0. The summed E-state index contributed by atoms with van der Waals surface area (Å²) >= 11 is 6.55. The normalized spacial score (nSPS) is 19.3. The number of carbonyl (C=O) groups is 1. The maximum Gasteiger partial charge on any atom is 0.267 e. The molecular weight excluding hydrogens is 418 g/mol. The molecule has 0 saturated carbocycles. The van der Waals surface area contributed by atoms with Crippen LogP contribution in [0.4, 0.5) is 5.82 Å². The number of aryl methyl sites for hydroxylation is 1. The van der Waals surface area contributed by atoms with Crippen LogP contribution in [-0.2, 0) is 4.79 Å². The van der Waals surface area contributed by atoms with Crippen molar-refractivity contribution in [1.82, 2.24) is 19.2 Å². The quantitative estimate of drug-likeness (QED) is 0.409. The molecule has 4 heterocycles. The van der Waals surface area contributed by atoms with Gasteiger partial charge >= 0.3 is 0 Å². The SMILES string of the molecule is C=CCN1C(=O)C(=Cc2c(N3CCN(C)CC3)nc3c(C)cccn3c2=O)SC1=S. The van der Waals surface area contributed by atoms with Crippen LogP contribution >= 0.6 is 24.0 Å². The first-order valence-electron chi connectivity index (χ1n) is 9.72.